The minimum absolute atomic E-state index is 0.0551. The summed E-state index contributed by atoms with van der Waals surface area (Å²) in [5.74, 6) is -1.73. The molecule has 0 aromatic heterocycles. The fourth-order valence-corrected chi connectivity index (χ4v) is 4.02. The molecule has 0 radical (unpaired) electrons. The summed E-state index contributed by atoms with van der Waals surface area (Å²) in [6.07, 6.45) is -0.430. The third kappa shape index (κ3) is 34.6. The monoisotopic (exact) mass is 814 g/mol. The summed E-state index contributed by atoms with van der Waals surface area (Å²) in [4.78, 5) is 50.7. The highest BCUT2D eigenvalue weighted by molar-refractivity contribution is 6.01. The standard InChI is InChI=1S/C36H66N2O18/c1-36(2,3)55-35(42)37-7-9-44-11-13-46-15-17-48-19-21-50-23-25-52-27-29-54-31-30-53-28-26-51-24-22-49-20-18-47-16-14-45-12-10-43-8-6-34(41)56-38-32(39)4-5-33(38)40/h4-31H2,1-3H3,(H,37,42). The maximum absolute atomic E-state index is 11.7. The molecule has 0 aromatic rings. The van der Waals surface area contributed by atoms with Gasteiger partial charge in [0.05, 0.1) is 165 Å². The lowest BCUT2D eigenvalue weighted by Gasteiger charge is -2.19. The van der Waals surface area contributed by atoms with Gasteiger partial charge in [-0.25, -0.2) is 9.59 Å². The third-order valence-corrected chi connectivity index (χ3v) is 6.66. The largest absolute Gasteiger partial charge is 0.444 e. The molecule has 328 valence electrons. The van der Waals surface area contributed by atoms with Gasteiger partial charge in [0, 0.05) is 19.4 Å². The van der Waals surface area contributed by atoms with Gasteiger partial charge < -0.3 is 71.7 Å². The summed E-state index contributed by atoms with van der Waals surface area (Å²) in [6.45, 7) is 15.9. The first-order chi connectivity index (χ1) is 27.2. The number of nitrogens with zero attached hydrogens (tertiary/aromatic N) is 1. The molecule has 0 bridgehead atoms. The van der Waals surface area contributed by atoms with E-state index in [0.717, 1.165) is 0 Å². The van der Waals surface area contributed by atoms with Crippen LogP contribution >= 0.6 is 0 Å². The number of carbonyl (C=O) groups excluding carboxylic acids is 4. The summed E-state index contributed by atoms with van der Waals surface area (Å²) in [7, 11) is 0. The molecule has 0 aromatic carbocycles. The minimum atomic E-state index is -0.703. The van der Waals surface area contributed by atoms with E-state index in [4.69, 9.17) is 66.4 Å². The van der Waals surface area contributed by atoms with Crippen LogP contribution in [-0.2, 0) is 80.8 Å². The van der Waals surface area contributed by atoms with Gasteiger partial charge in [0.2, 0.25) is 0 Å². The van der Waals surface area contributed by atoms with Crippen molar-refractivity contribution in [2.75, 3.05) is 165 Å². The molecule has 0 spiro atoms. The van der Waals surface area contributed by atoms with Crippen molar-refractivity contribution in [1.82, 2.24) is 10.4 Å². The molecule has 3 amide bonds. The molecule has 1 aliphatic rings. The van der Waals surface area contributed by atoms with Gasteiger partial charge in [-0.2, -0.15) is 0 Å². The zero-order valence-electron chi connectivity index (χ0n) is 33.6. The van der Waals surface area contributed by atoms with Crippen molar-refractivity contribution < 1.29 is 85.6 Å². The van der Waals surface area contributed by atoms with Gasteiger partial charge in [-0.1, -0.05) is 0 Å². The number of rotatable bonds is 40. The van der Waals surface area contributed by atoms with Crippen molar-refractivity contribution in [2.45, 2.75) is 45.6 Å². The number of hydroxylamine groups is 2. The lowest BCUT2D eigenvalue weighted by molar-refractivity contribution is -0.198. The summed E-state index contributed by atoms with van der Waals surface area (Å²) < 4.78 is 70.3. The molecule has 1 rings (SSSR count). The van der Waals surface area contributed by atoms with Gasteiger partial charge >= 0.3 is 12.1 Å². The molecule has 1 heterocycles. The highest BCUT2D eigenvalue weighted by atomic mass is 16.7. The molecule has 20 nitrogen and oxygen atoms in total. The van der Waals surface area contributed by atoms with Crippen LogP contribution in [0.1, 0.15) is 40.0 Å². The van der Waals surface area contributed by atoms with Crippen molar-refractivity contribution in [3.05, 3.63) is 0 Å². The predicted molar refractivity (Wildman–Crippen MR) is 196 cm³/mol. The van der Waals surface area contributed by atoms with Gasteiger partial charge in [-0.05, 0) is 20.8 Å². The Morgan fingerprint density at radius 3 is 1.02 bits per heavy atom. The van der Waals surface area contributed by atoms with E-state index in [1.807, 2.05) is 20.8 Å². The average Bonchev–Trinajstić information content (AvgIpc) is 3.47. The van der Waals surface area contributed by atoms with Crippen LogP contribution in [-0.4, -0.2) is 200 Å². The Hall–Kier alpha value is -2.60. The minimum Gasteiger partial charge on any atom is -0.444 e. The lowest BCUT2D eigenvalue weighted by atomic mass is 10.2. The number of alkyl carbamates (subject to hydrolysis) is 1. The van der Waals surface area contributed by atoms with E-state index in [1.165, 1.54) is 0 Å². The topological polar surface area (TPSA) is 213 Å². The number of ether oxygens (including phenoxy) is 13. The fraction of sp³-hybridized carbons (Fsp3) is 0.889. The Kier molecular flexibility index (Phi) is 33.7. The maximum atomic E-state index is 11.7. The molecular formula is C36H66N2O18. The van der Waals surface area contributed by atoms with Crippen molar-refractivity contribution in [3.8, 4) is 0 Å². The number of amides is 3. The van der Waals surface area contributed by atoms with Crippen molar-refractivity contribution in [1.29, 1.82) is 0 Å². The van der Waals surface area contributed by atoms with Crippen LogP contribution in [0, 0.1) is 0 Å². The molecule has 0 aliphatic carbocycles. The number of nitrogens with one attached hydrogen (secondary N) is 1. The smallest absolute Gasteiger partial charge is 0.407 e. The number of carbonyl (C=O) groups is 4. The first-order valence-corrected chi connectivity index (χ1v) is 19.2. The van der Waals surface area contributed by atoms with Gasteiger partial charge in [0.25, 0.3) is 11.8 Å². The Bertz CT molecular complexity index is 970. The predicted octanol–water partition coefficient (Wildman–Crippen LogP) is 0.708. The Morgan fingerprint density at radius 1 is 0.464 bits per heavy atom. The van der Waals surface area contributed by atoms with Crippen LogP contribution in [0.25, 0.3) is 0 Å². The SMILES string of the molecule is CC(C)(C)OC(=O)NCCOCCOCCOCCOCCOCCOCCOCCOCCOCCOCCOCCOCCC(=O)ON1C(=O)CCC1=O. The molecule has 0 unspecified atom stereocenters. The molecule has 1 aliphatic heterocycles. The zero-order valence-corrected chi connectivity index (χ0v) is 33.6. The van der Waals surface area contributed by atoms with E-state index in [9.17, 15) is 19.2 Å². The van der Waals surface area contributed by atoms with Gasteiger partial charge in [0.1, 0.15) is 5.60 Å². The van der Waals surface area contributed by atoms with E-state index < -0.39 is 29.5 Å². The summed E-state index contributed by atoms with van der Waals surface area (Å²) >= 11 is 0. The van der Waals surface area contributed by atoms with E-state index in [2.05, 4.69) is 5.32 Å². The summed E-state index contributed by atoms with van der Waals surface area (Å²) in [5, 5.41) is 3.14. The number of imide groups is 1. The van der Waals surface area contributed by atoms with Crippen LogP contribution in [0.15, 0.2) is 0 Å². The molecule has 1 saturated heterocycles. The van der Waals surface area contributed by atoms with E-state index in [1.54, 1.807) is 0 Å². The highest BCUT2D eigenvalue weighted by Gasteiger charge is 2.32. The highest BCUT2D eigenvalue weighted by Crippen LogP contribution is 2.12. The molecule has 1 fully saturated rings. The molecule has 0 atom stereocenters. The van der Waals surface area contributed by atoms with E-state index in [0.29, 0.717) is 157 Å². The number of hydrogen-bond acceptors (Lipinski definition) is 18. The lowest BCUT2D eigenvalue weighted by Crippen LogP contribution is -2.34. The number of hydrogen-bond donors (Lipinski definition) is 1. The fourth-order valence-electron chi connectivity index (χ4n) is 4.02. The maximum Gasteiger partial charge on any atom is 0.407 e. The molecule has 20 heteroatoms. The Labute approximate surface area is 330 Å². The van der Waals surface area contributed by atoms with Gasteiger partial charge in [-0.3, -0.25) is 9.59 Å². The van der Waals surface area contributed by atoms with Crippen molar-refractivity contribution in [3.63, 3.8) is 0 Å². The summed E-state index contributed by atoms with van der Waals surface area (Å²) in [5.41, 5.74) is -0.521. The van der Waals surface area contributed by atoms with Crippen LogP contribution < -0.4 is 5.32 Å². The Morgan fingerprint density at radius 2 is 0.732 bits per heavy atom. The first kappa shape index (κ1) is 51.4. The quantitative estimate of drug-likeness (QED) is 0.0666. The second kappa shape index (κ2) is 36.7. The van der Waals surface area contributed by atoms with E-state index in [-0.39, 0.29) is 32.5 Å². The van der Waals surface area contributed by atoms with Crippen LogP contribution in [0.2, 0.25) is 0 Å². The second-order valence-electron chi connectivity index (χ2n) is 12.6. The van der Waals surface area contributed by atoms with Crippen LogP contribution in [0.5, 0.6) is 0 Å². The van der Waals surface area contributed by atoms with Gasteiger partial charge in [-0.15, -0.1) is 5.06 Å². The average molecular weight is 815 g/mol. The van der Waals surface area contributed by atoms with Crippen molar-refractivity contribution >= 4 is 23.9 Å². The normalized spacial score (nSPS) is 13.2. The Balaban J connectivity index is 1.64. The molecule has 0 saturated carbocycles. The molecule has 1 N–H and O–H groups in total. The van der Waals surface area contributed by atoms with Crippen LogP contribution in [0.3, 0.4) is 0 Å². The zero-order chi connectivity index (χ0) is 40.8. The van der Waals surface area contributed by atoms with E-state index >= 15 is 0 Å². The third-order valence-electron chi connectivity index (χ3n) is 6.66. The first-order valence-electron chi connectivity index (χ1n) is 19.2. The molecular weight excluding hydrogens is 748 g/mol. The molecule has 56 heavy (non-hydrogen) atoms. The van der Waals surface area contributed by atoms with Crippen LogP contribution in [0.4, 0.5) is 4.79 Å². The summed E-state index contributed by atoms with van der Waals surface area (Å²) in [6, 6.07) is 0. The van der Waals surface area contributed by atoms with Gasteiger partial charge in [0.15, 0.2) is 0 Å². The second-order valence-corrected chi connectivity index (χ2v) is 12.6. The van der Waals surface area contributed by atoms with Crippen molar-refractivity contribution in [2.24, 2.45) is 0 Å².